The van der Waals surface area contributed by atoms with Crippen molar-refractivity contribution in [1.29, 1.82) is 0 Å². The van der Waals surface area contributed by atoms with Crippen molar-refractivity contribution >= 4 is 29.9 Å². The van der Waals surface area contributed by atoms with Crippen molar-refractivity contribution in [3.63, 3.8) is 0 Å². The third-order valence-corrected chi connectivity index (χ3v) is 5.71. The van der Waals surface area contributed by atoms with Crippen LogP contribution in [0.15, 0.2) is 23.2 Å². The summed E-state index contributed by atoms with van der Waals surface area (Å²) in [7, 11) is 0. The third-order valence-electron chi connectivity index (χ3n) is 5.71. The van der Waals surface area contributed by atoms with E-state index < -0.39 is 0 Å². The first-order valence-corrected chi connectivity index (χ1v) is 9.82. The van der Waals surface area contributed by atoms with E-state index in [1.54, 1.807) is 0 Å². The number of nitrogens with zero attached hydrogens (tertiary/aromatic N) is 2. The van der Waals surface area contributed by atoms with Gasteiger partial charge in [-0.2, -0.15) is 0 Å². The van der Waals surface area contributed by atoms with Gasteiger partial charge in [-0.3, -0.25) is 4.99 Å². The maximum atomic E-state index is 5.66. The van der Waals surface area contributed by atoms with Crippen molar-refractivity contribution in [2.45, 2.75) is 38.0 Å². The van der Waals surface area contributed by atoms with Crippen LogP contribution >= 0.6 is 24.0 Å². The molecule has 0 atom stereocenters. The molecule has 0 amide bonds. The number of benzene rings is 1. The van der Waals surface area contributed by atoms with Crippen LogP contribution in [0.4, 0.5) is 0 Å². The lowest BCUT2D eigenvalue weighted by atomic mass is 9.74. The minimum Gasteiger partial charge on any atom is -0.454 e. The van der Waals surface area contributed by atoms with Gasteiger partial charge in [-0.05, 0) is 50.3 Å². The molecule has 0 saturated carbocycles. The molecule has 0 unspecified atom stereocenters. The van der Waals surface area contributed by atoms with Crippen molar-refractivity contribution in [3.8, 4) is 11.5 Å². The number of aliphatic imine (C=N–C) groups is 1. The van der Waals surface area contributed by atoms with Crippen LogP contribution in [-0.4, -0.2) is 57.0 Å². The van der Waals surface area contributed by atoms with Crippen LogP contribution in [0.1, 0.15) is 38.2 Å². The summed E-state index contributed by atoms with van der Waals surface area (Å²) in [6.07, 6.45) is 4.47. The lowest BCUT2D eigenvalue weighted by Gasteiger charge is -2.37. The molecule has 2 saturated heterocycles. The van der Waals surface area contributed by atoms with Crippen LogP contribution < -0.4 is 14.8 Å². The number of halogens is 1. The van der Waals surface area contributed by atoms with Gasteiger partial charge in [0.1, 0.15) is 0 Å². The molecule has 3 aliphatic rings. The molecule has 7 heteroatoms. The number of hydrogen-bond donors (Lipinski definition) is 1. The number of likely N-dealkylation sites (tertiary alicyclic amines) is 1. The van der Waals surface area contributed by atoms with Crippen LogP contribution in [0.5, 0.6) is 11.5 Å². The molecule has 0 radical (unpaired) electrons. The molecule has 0 spiro atoms. The average molecular weight is 487 g/mol. The number of rotatable bonds is 4. The largest absolute Gasteiger partial charge is 0.454 e. The summed E-state index contributed by atoms with van der Waals surface area (Å²) in [4.78, 5) is 7.45. The van der Waals surface area contributed by atoms with Crippen LogP contribution in [-0.2, 0) is 10.2 Å². The molecule has 3 heterocycles. The number of hydrogen-bond acceptors (Lipinski definition) is 4. The number of fused-ring (bicyclic) bond motifs is 1. The molecule has 1 N–H and O–H groups in total. The van der Waals surface area contributed by atoms with Crippen molar-refractivity contribution in [2.24, 2.45) is 4.99 Å². The van der Waals surface area contributed by atoms with Gasteiger partial charge in [-0.15, -0.1) is 24.0 Å². The molecular weight excluding hydrogens is 457 g/mol. The van der Waals surface area contributed by atoms with E-state index in [1.807, 2.05) is 6.07 Å². The van der Waals surface area contributed by atoms with E-state index in [9.17, 15) is 0 Å². The fourth-order valence-corrected chi connectivity index (χ4v) is 4.11. The molecule has 2 fully saturated rings. The van der Waals surface area contributed by atoms with Crippen LogP contribution in [0.2, 0.25) is 0 Å². The van der Waals surface area contributed by atoms with Crippen LogP contribution in [0, 0.1) is 0 Å². The number of ether oxygens (including phenoxy) is 3. The van der Waals surface area contributed by atoms with Gasteiger partial charge in [0.2, 0.25) is 6.79 Å². The zero-order valence-electron chi connectivity index (χ0n) is 16.0. The molecule has 150 valence electrons. The van der Waals surface area contributed by atoms with Gasteiger partial charge >= 0.3 is 0 Å². The predicted molar refractivity (Wildman–Crippen MR) is 116 cm³/mol. The second-order valence-electron chi connectivity index (χ2n) is 7.33. The monoisotopic (exact) mass is 487 g/mol. The molecule has 0 aromatic heterocycles. The molecule has 4 rings (SSSR count). The summed E-state index contributed by atoms with van der Waals surface area (Å²) < 4.78 is 16.8. The standard InChI is InChI=1S/C20H29N3O3.HI/c1-2-21-19(23-9-3-4-10-23)22-14-20(7-11-24-12-8-20)16-5-6-17-18(13-16)26-15-25-17;/h5-6,13H,2-4,7-12,14-15H2,1H3,(H,21,22);1H. The van der Waals surface area contributed by atoms with Gasteiger partial charge in [-0.25, -0.2) is 0 Å². The molecule has 0 bridgehead atoms. The van der Waals surface area contributed by atoms with E-state index in [1.165, 1.54) is 18.4 Å². The first kappa shape index (κ1) is 20.5. The Balaban J connectivity index is 0.00000210. The number of nitrogens with one attached hydrogen (secondary N) is 1. The van der Waals surface area contributed by atoms with E-state index >= 15 is 0 Å². The number of guanidine groups is 1. The fraction of sp³-hybridized carbons (Fsp3) is 0.650. The molecule has 0 aliphatic carbocycles. The molecule has 3 aliphatic heterocycles. The summed E-state index contributed by atoms with van der Waals surface area (Å²) in [5.74, 6) is 2.74. The lowest BCUT2D eigenvalue weighted by molar-refractivity contribution is 0.0529. The van der Waals surface area contributed by atoms with E-state index in [0.717, 1.165) is 69.7 Å². The summed E-state index contributed by atoms with van der Waals surface area (Å²) >= 11 is 0. The Labute approximate surface area is 178 Å². The highest BCUT2D eigenvalue weighted by atomic mass is 127. The summed E-state index contributed by atoms with van der Waals surface area (Å²) in [6, 6.07) is 6.35. The second-order valence-corrected chi connectivity index (χ2v) is 7.33. The third kappa shape index (κ3) is 4.45. The van der Waals surface area contributed by atoms with Crippen LogP contribution in [0.3, 0.4) is 0 Å². The topological polar surface area (TPSA) is 55.3 Å². The molecular formula is C20H30IN3O3. The fourth-order valence-electron chi connectivity index (χ4n) is 4.11. The van der Waals surface area contributed by atoms with Gasteiger partial charge in [-0.1, -0.05) is 6.07 Å². The van der Waals surface area contributed by atoms with Gasteiger partial charge in [0.05, 0.1) is 6.54 Å². The Morgan fingerprint density at radius 3 is 2.63 bits per heavy atom. The summed E-state index contributed by atoms with van der Waals surface area (Å²) in [5, 5.41) is 3.47. The molecule has 6 nitrogen and oxygen atoms in total. The maximum Gasteiger partial charge on any atom is 0.231 e. The van der Waals surface area contributed by atoms with E-state index in [0.29, 0.717) is 6.79 Å². The Morgan fingerprint density at radius 1 is 1.15 bits per heavy atom. The first-order valence-electron chi connectivity index (χ1n) is 9.82. The quantitative estimate of drug-likeness (QED) is 0.402. The van der Waals surface area contributed by atoms with Crippen molar-refractivity contribution in [3.05, 3.63) is 23.8 Å². The average Bonchev–Trinajstić information content (AvgIpc) is 3.37. The predicted octanol–water partition coefficient (Wildman–Crippen LogP) is 3.14. The van der Waals surface area contributed by atoms with Crippen molar-refractivity contribution in [2.75, 3.05) is 46.2 Å². The van der Waals surface area contributed by atoms with Crippen molar-refractivity contribution in [1.82, 2.24) is 10.2 Å². The maximum absolute atomic E-state index is 5.66. The van der Waals surface area contributed by atoms with Gasteiger partial charge in [0, 0.05) is 38.3 Å². The lowest BCUT2D eigenvalue weighted by Crippen LogP contribution is -2.42. The van der Waals surface area contributed by atoms with Gasteiger partial charge in [0.25, 0.3) is 0 Å². The molecule has 27 heavy (non-hydrogen) atoms. The first-order chi connectivity index (χ1) is 12.8. The Bertz CT molecular complexity index is 656. The van der Waals surface area contributed by atoms with E-state index in [2.05, 4.69) is 29.3 Å². The zero-order valence-corrected chi connectivity index (χ0v) is 18.4. The minimum absolute atomic E-state index is 0. The van der Waals surface area contributed by atoms with Gasteiger partial charge < -0.3 is 24.4 Å². The summed E-state index contributed by atoms with van der Waals surface area (Å²) in [5.41, 5.74) is 1.28. The highest BCUT2D eigenvalue weighted by Gasteiger charge is 2.36. The Morgan fingerprint density at radius 2 is 1.89 bits per heavy atom. The van der Waals surface area contributed by atoms with Gasteiger partial charge in [0.15, 0.2) is 17.5 Å². The summed E-state index contributed by atoms with van der Waals surface area (Å²) in [6.45, 7) is 7.89. The highest BCUT2D eigenvalue weighted by Crippen LogP contribution is 2.41. The Hall–Kier alpha value is -1.22. The normalized spacial score (nSPS) is 21.1. The SMILES string of the molecule is CCNC(=NCC1(c2ccc3c(c2)OCO3)CCOCC1)N1CCCC1.I. The van der Waals surface area contributed by atoms with Crippen molar-refractivity contribution < 1.29 is 14.2 Å². The highest BCUT2D eigenvalue weighted by molar-refractivity contribution is 14.0. The smallest absolute Gasteiger partial charge is 0.231 e. The molecule has 1 aromatic carbocycles. The van der Waals surface area contributed by atoms with Crippen LogP contribution in [0.25, 0.3) is 0 Å². The second kappa shape index (κ2) is 9.32. The van der Waals surface area contributed by atoms with E-state index in [-0.39, 0.29) is 29.4 Å². The van der Waals surface area contributed by atoms with E-state index in [4.69, 9.17) is 19.2 Å². The Kier molecular flexibility index (Phi) is 7.08. The zero-order chi connectivity index (χ0) is 17.8. The molecule has 1 aromatic rings. The minimum atomic E-state index is -0.000371.